The van der Waals surface area contributed by atoms with Crippen molar-refractivity contribution in [2.45, 2.75) is 25.8 Å². The minimum absolute atomic E-state index is 0.103. The molecule has 1 aromatic carbocycles. The molecule has 1 fully saturated rings. The van der Waals surface area contributed by atoms with E-state index in [1.807, 2.05) is 0 Å². The van der Waals surface area contributed by atoms with Crippen LogP contribution in [0.5, 0.6) is 0 Å². The molecule has 0 bridgehead atoms. The maximum atomic E-state index is 12.5. The third-order valence-corrected chi connectivity index (χ3v) is 5.69. The molecule has 0 aliphatic carbocycles. The fourth-order valence-electron chi connectivity index (χ4n) is 2.60. The van der Waals surface area contributed by atoms with Gasteiger partial charge in [0.1, 0.15) is 0 Å². The van der Waals surface area contributed by atoms with Gasteiger partial charge in [0.25, 0.3) is 0 Å². The molecule has 1 aromatic rings. The normalized spacial score (nSPS) is 24.5. The van der Waals surface area contributed by atoms with E-state index in [1.165, 1.54) is 9.71 Å². The number of rotatable bonds is 4. The first-order chi connectivity index (χ1) is 9.92. The van der Waals surface area contributed by atoms with E-state index in [9.17, 15) is 8.42 Å². The van der Waals surface area contributed by atoms with Crippen molar-refractivity contribution in [3.8, 4) is 0 Å². The van der Waals surface area contributed by atoms with E-state index in [0.717, 1.165) is 18.4 Å². The lowest BCUT2D eigenvalue weighted by atomic mass is 9.94. The quantitative estimate of drug-likeness (QED) is 0.924. The first kappa shape index (κ1) is 16.5. The molecule has 0 saturated carbocycles. The number of piperidine rings is 1. The fraction of sp³-hybridized carbons (Fsp3) is 0.467. The number of nitrogens with two attached hydrogens (primary N) is 1. The Morgan fingerprint density at radius 2 is 2.05 bits per heavy atom. The van der Waals surface area contributed by atoms with E-state index in [4.69, 9.17) is 17.3 Å². The molecule has 0 spiro atoms. The Morgan fingerprint density at radius 3 is 2.67 bits per heavy atom. The number of nitrogens with zero attached hydrogens (tertiary/aromatic N) is 1. The van der Waals surface area contributed by atoms with Gasteiger partial charge in [-0.1, -0.05) is 30.7 Å². The number of benzene rings is 1. The van der Waals surface area contributed by atoms with Crippen molar-refractivity contribution in [1.29, 1.82) is 0 Å². The molecule has 21 heavy (non-hydrogen) atoms. The highest BCUT2D eigenvalue weighted by Gasteiger charge is 2.32. The van der Waals surface area contributed by atoms with Gasteiger partial charge in [0, 0.05) is 29.6 Å². The third kappa shape index (κ3) is 4.30. The summed E-state index contributed by atoms with van der Waals surface area (Å²) in [6, 6.07) is 6.94. The van der Waals surface area contributed by atoms with Crippen LogP contribution in [-0.4, -0.2) is 31.9 Å². The van der Waals surface area contributed by atoms with Gasteiger partial charge in [-0.3, -0.25) is 0 Å². The van der Waals surface area contributed by atoms with E-state index < -0.39 is 10.0 Å². The van der Waals surface area contributed by atoms with Gasteiger partial charge >= 0.3 is 0 Å². The Kier molecular flexibility index (Phi) is 5.43. The SMILES string of the molecule is CC1CCN(S(=O)(=O)/C=C/c2ccc(Cl)cc2)C(CN)C1. The van der Waals surface area contributed by atoms with Crippen molar-refractivity contribution < 1.29 is 8.42 Å². The lowest BCUT2D eigenvalue weighted by Gasteiger charge is -2.36. The number of hydrogen-bond acceptors (Lipinski definition) is 3. The van der Waals surface area contributed by atoms with Crippen LogP contribution in [0.4, 0.5) is 0 Å². The second-order valence-corrected chi connectivity index (χ2v) is 7.74. The zero-order valence-electron chi connectivity index (χ0n) is 12.1. The van der Waals surface area contributed by atoms with Crippen LogP contribution in [0.1, 0.15) is 25.3 Å². The van der Waals surface area contributed by atoms with Crippen LogP contribution in [0, 0.1) is 5.92 Å². The molecule has 1 aliphatic rings. The summed E-state index contributed by atoms with van der Waals surface area (Å²) in [7, 11) is -3.44. The van der Waals surface area contributed by atoms with Gasteiger partial charge in [0.05, 0.1) is 0 Å². The summed E-state index contributed by atoms with van der Waals surface area (Å²) in [6.07, 6.45) is 3.30. The molecule has 116 valence electrons. The maximum Gasteiger partial charge on any atom is 0.236 e. The van der Waals surface area contributed by atoms with Crippen molar-refractivity contribution in [1.82, 2.24) is 4.31 Å². The topological polar surface area (TPSA) is 63.4 Å². The largest absolute Gasteiger partial charge is 0.329 e. The van der Waals surface area contributed by atoms with Crippen molar-refractivity contribution >= 4 is 27.7 Å². The van der Waals surface area contributed by atoms with Gasteiger partial charge in [-0.25, -0.2) is 8.42 Å². The molecule has 1 saturated heterocycles. The van der Waals surface area contributed by atoms with Gasteiger partial charge in [0.2, 0.25) is 10.0 Å². The highest BCUT2D eigenvalue weighted by atomic mass is 35.5. The van der Waals surface area contributed by atoms with E-state index in [1.54, 1.807) is 30.3 Å². The monoisotopic (exact) mass is 328 g/mol. The Morgan fingerprint density at radius 1 is 1.38 bits per heavy atom. The van der Waals surface area contributed by atoms with Gasteiger partial charge < -0.3 is 5.73 Å². The van der Waals surface area contributed by atoms with Gasteiger partial charge in [-0.15, -0.1) is 0 Å². The molecule has 2 N–H and O–H groups in total. The molecule has 0 radical (unpaired) electrons. The second-order valence-electron chi connectivity index (χ2n) is 5.53. The highest BCUT2D eigenvalue weighted by Crippen LogP contribution is 2.25. The zero-order valence-corrected chi connectivity index (χ0v) is 13.6. The number of halogens is 1. The van der Waals surface area contributed by atoms with E-state index in [0.29, 0.717) is 24.0 Å². The smallest absolute Gasteiger partial charge is 0.236 e. The summed E-state index contributed by atoms with van der Waals surface area (Å²) in [4.78, 5) is 0. The summed E-state index contributed by atoms with van der Waals surface area (Å²) in [5.41, 5.74) is 6.53. The number of sulfonamides is 1. The summed E-state index contributed by atoms with van der Waals surface area (Å²) < 4.78 is 26.4. The molecule has 0 aromatic heterocycles. The average molecular weight is 329 g/mol. The van der Waals surface area contributed by atoms with Crippen LogP contribution in [0.2, 0.25) is 5.02 Å². The Labute approximate surface area is 131 Å². The third-order valence-electron chi connectivity index (χ3n) is 3.83. The second kappa shape index (κ2) is 6.92. The van der Waals surface area contributed by atoms with Gasteiger partial charge in [-0.05, 0) is 42.5 Å². The van der Waals surface area contributed by atoms with Gasteiger partial charge in [0.15, 0.2) is 0 Å². The van der Waals surface area contributed by atoms with Crippen LogP contribution in [0.15, 0.2) is 29.7 Å². The molecule has 1 heterocycles. The Bertz CT molecular complexity index is 599. The average Bonchev–Trinajstić information content (AvgIpc) is 2.46. The summed E-state index contributed by atoms with van der Waals surface area (Å²) in [5.74, 6) is 0.519. The van der Waals surface area contributed by atoms with E-state index in [-0.39, 0.29) is 6.04 Å². The standard InChI is InChI=1S/C15H21ClN2O2S/c1-12-6-8-18(15(10-12)11-17)21(19,20)9-7-13-2-4-14(16)5-3-13/h2-5,7,9,12,15H,6,8,10-11,17H2,1H3/b9-7+. The molecule has 2 unspecified atom stereocenters. The minimum atomic E-state index is -3.44. The minimum Gasteiger partial charge on any atom is -0.329 e. The van der Waals surface area contributed by atoms with Crippen molar-refractivity contribution in [2.24, 2.45) is 11.7 Å². The summed E-state index contributed by atoms with van der Waals surface area (Å²) >= 11 is 5.81. The number of hydrogen-bond donors (Lipinski definition) is 1. The van der Waals surface area contributed by atoms with Crippen LogP contribution >= 0.6 is 11.6 Å². The molecule has 6 heteroatoms. The lowest BCUT2D eigenvalue weighted by Crippen LogP contribution is -2.48. The molecule has 2 atom stereocenters. The lowest BCUT2D eigenvalue weighted by molar-refractivity contribution is 0.213. The predicted molar refractivity (Wildman–Crippen MR) is 87.4 cm³/mol. The molecular weight excluding hydrogens is 308 g/mol. The zero-order chi connectivity index (χ0) is 15.5. The first-order valence-corrected chi connectivity index (χ1v) is 8.96. The molecular formula is C15H21ClN2O2S. The van der Waals surface area contributed by atoms with Crippen LogP contribution < -0.4 is 5.73 Å². The van der Waals surface area contributed by atoms with Crippen LogP contribution in [-0.2, 0) is 10.0 Å². The molecule has 0 amide bonds. The summed E-state index contributed by atoms with van der Waals surface area (Å²) in [5, 5.41) is 1.89. The van der Waals surface area contributed by atoms with Crippen LogP contribution in [0.25, 0.3) is 6.08 Å². The first-order valence-electron chi connectivity index (χ1n) is 7.08. The summed E-state index contributed by atoms with van der Waals surface area (Å²) in [6.45, 7) is 3.03. The highest BCUT2D eigenvalue weighted by molar-refractivity contribution is 7.92. The Hall–Kier alpha value is -0.880. The van der Waals surface area contributed by atoms with E-state index >= 15 is 0 Å². The Balaban J connectivity index is 2.15. The maximum absolute atomic E-state index is 12.5. The van der Waals surface area contributed by atoms with Crippen molar-refractivity contribution in [3.63, 3.8) is 0 Å². The van der Waals surface area contributed by atoms with Gasteiger partial charge in [-0.2, -0.15) is 4.31 Å². The predicted octanol–water partition coefficient (Wildman–Crippen LogP) is 2.70. The molecule has 4 nitrogen and oxygen atoms in total. The fourth-order valence-corrected chi connectivity index (χ4v) is 4.15. The van der Waals surface area contributed by atoms with E-state index in [2.05, 4.69) is 6.92 Å². The van der Waals surface area contributed by atoms with Crippen molar-refractivity contribution in [3.05, 3.63) is 40.3 Å². The molecule has 2 rings (SSSR count). The molecule has 1 aliphatic heterocycles. The van der Waals surface area contributed by atoms with Crippen LogP contribution in [0.3, 0.4) is 0 Å². The van der Waals surface area contributed by atoms with Crippen molar-refractivity contribution in [2.75, 3.05) is 13.1 Å².